The SMILES string of the molecule is CC(C)CCC[C@@H](C)[C@H]1CC[C@H]2[C@@H]3CC=C4C(N5CCCCC5)[C@@H](O)CC([SH]5C=CC=C5)[C@]4(C)[C@H]3CC[C@]12C. The molecule has 10 atom stereocenters. The molecule has 0 radical (unpaired) electrons. The van der Waals surface area contributed by atoms with Crippen molar-refractivity contribution in [3.05, 3.63) is 34.6 Å². The van der Waals surface area contributed by atoms with Crippen LogP contribution in [-0.4, -0.2) is 40.5 Å². The van der Waals surface area contributed by atoms with Crippen molar-refractivity contribution >= 4 is 10.9 Å². The van der Waals surface area contributed by atoms with Gasteiger partial charge in [0.05, 0.1) is 12.1 Å². The van der Waals surface area contributed by atoms with Crippen molar-refractivity contribution in [3.63, 3.8) is 0 Å². The number of nitrogens with zero attached hydrogens (tertiary/aromatic N) is 1. The lowest BCUT2D eigenvalue weighted by Crippen LogP contribution is -2.62. The molecule has 0 bridgehead atoms. The molecule has 0 aromatic carbocycles. The Morgan fingerprint density at radius 2 is 1.72 bits per heavy atom. The molecule has 2 unspecified atom stereocenters. The first-order valence-electron chi connectivity index (χ1n) is 17.0. The summed E-state index contributed by atoms with van der Waals surface area (Å²) < 4.78 is 0. The first-order valence-corrected chi connectivity index (χ1v) is 18.5. The van der Waals surface area contributed by atoms with E-state index in [1.165, 1.54) is 83.7 Å². The van der Waals surface area contributed by atoms with E-state index in [1.807, 2.05) is 0 Å². The number of hydrogen-bond acceptors (Lipinski definition) is 2. The summed E-state index contributed by atoms with van der Waals surface area (Å²) in [6.07, 6.45) is 23.4. The fourth-order valence-corrected chi connectivity index (χ4v) is 13.9. The molecular formula is C36H59NOS. The Morgan fingerprint density at radius 3 is 2.44 bits per heavy atom. The van der Waals surface area contributed by atoms with Crippen LogP contribution in [0.5, 0.6) is 0 Å². The summed E-state index contributed by atoms with van der Waals surface area (Å²) in [5.74, 6) is 5.16. The van der Waals surface area contributed by atoms with E-state index >= 15 is 0 Å². The van der Waals surface area contributed by atoms with Gasteiger partial charge in [-0.3, -0.25) is 4.90 Å². The number of aliphatic hydroxyl groups excluding tert-OH is 1. The van der Waals surface area contributed by atoms with Gasteiger partial charge >= 0.3 is 0 Å². The average Bonchev–Trinajstić information content (AvgIpc) is 3.57. The lowest BCUT2D eigenvalue weighted by molar-refractivity contribution is -0.0704. The summed E-state index contributed by atoms with van der Waals surface area (Å²) in [6.45, 7) is 15.2. The minimum atomic E-state index is -0.290. The number of likely N-dealkylation sites (tertiary alicyclic amines) is 1. The fourth-order valence-electron chi connectivity index (χ4n) is 11.4. The third-order valence-electron chi connectivity index (χ3n) is 13.3. The second-order valence-electron chi connectivity index (χ2n) is 15.6. The van der Waals surface area contributed by atoms with Crippen molar-refractivity contribution in [2.45, 2.75) is 129 Å². The van der Waals surface area contributed by atoms with Crippen molar-refractivity contribution in [1.82, 2.24) is 4.90 Å². The highest BCUT2D eigenvalue weighted by molar-refractivity contribution is 8.22. The van der Waals surface area contributed by atoms with E-state index in [0.717, 1.165) is 41.9 Å². The van der Waals surface area contributed by atoms with Gasteiger partial charge in [0.15, 0.2) is 0 Å². The lowest BCUT2D eigenvalue weighted by Gasteiger charge is -2.64. The van der Waals surface area contributed by atoms with Gasteiger partial charge < -0.3 is 5.11 Å². The van der Waals surface area contributed by atoms with E-state index in [2.05, 4.69) is 68.6 Å². The molecule has 2 aliphatic heterocycles. The molecule has 220 valence electrons. The van der Waals surface area contributed by atoms with Gasteiger partial charge in [-0.25, -0.2) is 10.9 Å². The van der Waals surface area contributed by atoms with E-state index in [-0.39, 0.29) is 28.5 Å². The Bertz CT molecular complexity index is 951. The molecule has 1 N–H and O–H groups in total. The van der Waals surface area contributed by atoms with E-state index in [1.54, 1.807) is 5.57 Å². The first kappa shape index (κ1) is 28.6. The molecule has 6 aliphatic rings. The van der Waals surface area contributed by atoms with Crippen LogP contribution in [0.3, 0.4) is 0 Å². The quantitative estimate of drug-likeness (QED) is 0.243. The largest absolute Gasteiger partial charge is 0.391 e. The second-order valence-corrected chi connectivity index (χ2v) is 17.7. The van der Waals surface area contributed by atoms with E-state index in [9.17, 15) is 5.11 Å². The summed E-state index contributed by atoms with van der Waals surface area (Å²) in [6, 6.07) is 0.267. The maximum absolute atomic E-state index is 11.8. The number of aliphatic hydroxyl groups is 1. The Kier molecular flexibility index (Phi) is 8.28. The van der Waals surface area contributed by atoms with Gasteiger partial charge in [-0.05, 0) is 122 Å². The number of fused-ring (bicyclic) bond motifs is 5. The van der Waals surface area contributed by atoms with Gasteiger partial charge in [-0.15, -0.1) is 0 Å². The van der Waals surface area contributed by atoms with Gasteiger partial charge in [0.2, 0.25) is 0 Å². The average molecular weight is 554 g/mol. The van der Waals surface area contributed by atoms with Crippen molar-refractivity contribution in [1.29, 1.82) is 0 Å². The van der Waals surface area contributed by atoms with Crippen molar-refractivity contribution in [3.8, 4) is 0 Å². The van der Waals surface area contributed by atoms with E-state index in [0.29, 0.717) is 10.7 Å². The summed E-state index contributed by atoms with van der Waals surface area (Å²) in [7, 11) is -0.290. The Balaban J connectivity index is 1.30. The zero-order valence-corrected chi connectivity index (χ0v) is 26.7. The molecule has 6 rings (SSSR count). The van der Waals surface area contributed by atoms with E-state index in [4.69, 9.17) is 0 Å². The zero-order valence-electron chi connectivity index (χ0n) is 25.8. The minimum Gasteiger partial charge on any atom is -0.391 e. The molecule has 3 heteroatoms. The molecule has 4 fully saturated rings. The molecular weight excluding hydrogens is 494 g/mol. The molecule has 2 heterocycles. The molecule has 0 amide bonds. The van der Waals surface area contributed by atoms with Crippen LogP contribution in [0.4, 0.5) is 0 Å². The van der Waals surface area contributed by atoms with Gasteiger partial charge in [-0.1, -0.05) is 78.5 Å². The van der Waals surface area contributed by atoms with Crippen LogP contribution in [0.15, 0.2) is 34.6 Å². The third kappa shape index (κ3) is 4.87. The maximum atomic E-state index is 11.8. The molecule has 39 heavy (non-hydrogen) atoms. The number of rotatable bonds is 7. The van der Waals surface area contributed by atoms with Gasteiger partial charge in [0, 0.05) is 10.7 Å². The predicted molar refractivity (Wildman–Crippen MR) is 170 cm³/mol. The van der Waals surface area contributed by atoms with Crippen LogP contribution >= 0.6 is 10.9 Å². The Labute approximate surface area is 243 Å². The van der Waals surface area contributed by atoms with Crippen LogP contribution in [0.1, 0.15) is 112 Å². The van der Waals surface area contributed by atoms with E-state index < -0.39 is 0 Å². The molecule has 0 spiro atoms. The summed E-state index contributed by atoms with van der Waals surface area (Å²) in [5, 5.41) is 17.4. The summed E-state index contributed by atoms with van der Waals surface area (Å²) in [4.78, 5) is 2.71. The normalized spacial score (nSPS) is 45.7. The number of hydrogen-bond donors (Lipinski definition) is 2. The van der Waals surface area contributed by atoms with Crippen LogP contribution in [0, 0.1) is 46.3 Å². The van der Waals surface area contributed by atoms with Crippen molar-refractivity contribution in [2.75, 3.05) is 13.1 Å². The smallest absolute Gasteiger partial charge is 0.0744 e. The second kappa shape index (κ2) is 11.3. The van der Waals surface area contributed by atoms with Gasteiger partial charge in [-0.2, -0.15) is 0 Å². The van der Waals surface area contributed by atoms with Crippen LogP contribution in [-0.2, 0) is 0 Å². The standard InChI is InChI=1S/C36H59NOS/c1-25(2)12-11-13-26(3)28-16-17-29-27-14-15-31-34(37-20-7-6-8-21-37)32(38)24-33(39-22-9-10-23-39)36(31,5)30(27)18-19-35(28,29)4/h9-10,15,22-23,25-30,32-34,38-39H,6-8,11-14,16-21,24H2,1-5H3/t26-,27+,28-,29+,30+,32+,33?,34?,35-,36-/m1/s1. The molecule has 0 aromatic rings. The molecule has 2 nitrogen and oxygen atoms in total. The molecule has 1 saturated heterocycles. The van der Waals surface area contributed by atoms with Crippen LogP contribution < -0.4 is 0 Å². The summed E-state index contributed by atoms with van der Waals surface area (Å²) in [5.41, 5.74) is 2.44. The highest BCUT2D eigenvalue weighted by Gasteiger charge is 2.63. The highest BCUT2D eigenvalue weighted by atomic mass is 32.2. The maximum Gasteiger partial charge on any atom is 0.0744 e. The minimum absolute atomic E-state index is 0.203. The highest BCUT2D eigenvalue weighted by Crippen LogP contribution is 2.70. The zero-order chi connectivity index (χ0) is 27.4. The number of piperidine rings is 1. The topological polar surface area (TPSA) is 23.5 Å². The Morgan fingerprint density at radius 1 is 0.974 bits per heavy atom. The van der Waals surface area contributed by atoms with Gasteiger partial charge in [0.1, 0.15) is 0 Å². The first-order chi connectivity index (χ1) is 18.7. The Hall–Kier alpha value is -0.510. The molecule has 4 aliphatic carbocycles. The third-order valence-corrected chi connectivity index (χ3v) is 15.8. The predicted octanol–water partition coefficient (Wildman–Crippen LogP) is 8.87. The van der Waals surface area contributed by atoms with Crippen molar-refractivity contribution in [2.24, 2.45) is 46.3 Å². The molecule has 3 saturated carbocycles. The summed E-state index contributed by atoms with van der Waals surface area (Å²) >= 11 is 0. The van der Waals surface area contributed by atoms with Crippen LogP contribution in [0.25, 0.3) is 0 Å². The number of thiol groups is 1. The fraction of sp³-hybridized carbons (Fsp3) is 0.833. The molecule has 0 aromatic heterocycles. The monoisotopic (exact) mass is 553 g/mol. The lowest BCUT2D eigenvalue weighted by atomic mass is 9.46. The van der Waals surface area contributed by atoms with Crippen molar-refractivity contribution < 1.29 is 5.11 Å². The van der Waals surface area contributed by atoms with Crippen LogP contribution in [0.2, 0.25) is 0 Å². The number of allylic oxidation sites excluding steroid dienone is 3. The van der Waals surface area contributed by atoms with Gasteiger partial charge in [0.25, 0.3) is 0 Å².